The number of ether oxygens (including phenoxy) is 1. The Morgan fingerprint density at radius 3 is 2.14 bits per heavy atom. The van der Waals surface area contributed by atoms with Gasteiger partial charge in [-0.3, -0.25) is 9.69 Å². The van der Waals surface area contributed by atoms with E-state index in [9.17, 15) is 18.0 Å². The fourth-order valence-corrected chi connectivity index (χ4v) is 3.77. The van der Waals surface area contributed by atoms with Crippen LogP contribution in [0.4, 0.5) is 0 Å². The van der Waals surface area contributed by atoms with Gasteiger partial charge in [-0.1, -0.05) is 30.3 Å². The number of amides is 1. The van der Waals surface area contributed by atoms with E-state index in [-0.39, 0.29) is 23.0 Å². The maximum Gasteiger partial charge on any atom is 0.338 e. The van der Waals surface area contributed by atoms with Gasteiger partial charge in [-0.05, 0) is 29.8 Å². The molecule has 0 radical (unpaired) electrons. The Labute approximate surface area is 170 Å². The summed E-state index contributed by atoms with van der Waals surface area (Å²) >= 11 is 0. The van der Waals surface area contributed by atoms with Crippen molar-refractivity contribution in [2.75, 3.05) is 39.0 Å². The monoisotopic (exact) mass is 416 g/mol. The SMILES string of the molecule is CS(=O)(=O)c1ccc(C(=O)OCC(=O)N2CCN(Cc3ccccc3)CC2)cc1. The van der Waals surface area contributed by atoms with E-state index in [4.69, 9.17) is 4.74 Å². The molecule has 0 aliphatic carbocycles. The molecule has 1 aliphatic rings. The Bertz CT molecular complexity index is 950. The van der Waals surface area contributed by atoms with Gasteiger partial charge in [-0.2, -0.15) is 0 Å². The van der Waals surface area contributed by atoms with Gasteiger partial charge in [0.2, 0.25) is 0 Å². The number of nitrogens with zero attached hydrogens (tertiary/aromatic N) is 2. The molecule has 0 N–H and O–H groups in total. The van der Waals surface area contributed by atoms with E-state index in [0.717, 1.165) is 25.9 Å². The standard InChI is InChI=1S/C21H24N2O5S/c1-29(26,27)19-9-7-18(8-10-19)21(25)28-16-20(24)23-13-11-22(12-14-23)15-17-5-3-2-4-6-17/h2-10H,11-16H2,1H3. The molecule has 1 fully saturated rings. The Balaban J connectivity index is 1.44. The highest BCUT2D eigenvalue weighted by atomic mass is 32.2. The van der Waals surface area contributed by atoms with Gasteiger partial charge < -0.3 is 9.64 Å². The van der Waals surface area contributed by atoms with E-state index in [0.29, 0.717) is 13.1 Å². The Morgan fingerprint density at radius 1 is 0.931 bits per heavy atom. The third kappa shape index (κ3) is 5.88. The van der Waals surface area contributed by atoms with Crippen LogP contribution in [0.3, 0.4) is 0 Å². The van der Waals surface area contributed by atoms with Crippen LogP contribution in [-0.2, 0) is 25.9 Å². The second kappa shape index (κ2) is 9.19. The average Bonchev–Trinajstić information content (AvgIpc) is 2.72. The number of benzene rings is 2. The number of rotatable bonds is 6. The lowest BCUT2D eigenvalue weighted by molar-refractivity contribution is -0.136. The predicted octanol–water partition coefficient (Wildman–Crippen LogP) is 1.59. The average molecular weight is 416 g/mol. The Hall–Kier alpha value is -2.71. The van der Waals surface area contributed by atoms with Gasteiger partial charge >= 0.3 is 5.97 Å². The largest absolute Gasteiger partial charge is 0.452 e. The summed E-state index contributed by atoms with van der Waals surface area (Å²) in [6.07, 6.45) is 1.10. The molecule has 1 heterocycles. The van der Waals surface area contributed by atoms with Crippen LogP contribution in [0.15, 0.2) is 59.5 Å². The summed E-state index contributed by atoms with van der Waals surface area (Å²) in [4.78, 5) is 28.5. The van der Waals surface area contributed by atoms with Crippen LogP contribution in [0.1, 0.15) is 15.9 Å². The van der Waals surface area contributed by atoms with Crippen molar-refractivity contribution in [3.05, 3.63) is 65.7 Å². The predicted molar refractivity (Wildman–Crippen MR) is 108 cm³/mol. The van der Waals surface area contributed by atoms with Gasteiger partial charge in [0, 0.05) is 39.0 Å². The van der Waals surface area contributed by atoms with Gasteiger partial charge in [0.25, 0.3) is 5.91 Å². The zero-order chi connectivity index (χ0) is 20.9. The van der Waals surface area contributed by atoms with Crippen LogP contribution >= 0.6 is 0 Å². The second-order valence-corrected chi connectivity index (χ2v) is 9.03. The summed E-state index contributed by atoms with van der Waals surface area (Å²) in [7, 11) is -3.33. The highest BCUT2D eigenvalue weighted by molar-refractivity contribution is 7.90. The maximum absolute atomic E-state index is 12.3. The highest BCUT2D eigenvalue weighted by Crippen LogP contribution is 2.12. The zero-order valence-electron chi connectivity index (χ0n) is 16.3. The molecule has 3 rings (SSSR count). The van der Waals surface area contributed by atoms with E-state index in [1.807, 2.05) is 18.2 Å². The lowest BCUT2D eigenvalue weighted by Crippen LogP contribution is -2.49. The smallest absolute Gasteiger partial charge is 0.338 e. The lowest BCUT2D eigenvalue weighted by atomic mass is 10.2. The van der Waals surface area contributed by atoms with Crippen LogP contribution in [0.2, 0.25) is 0 Å². The number of esters is 1. The summed E-state index contributed by atoms with van der Waals surface area (Å²) < 4.78 is 28.0. The first-order valence-corrected chi connectivity index (χ1v) is 11.2. The molecule has 1 saturated heterocycles. The number of piperazine rings is 1. The topological polar surface area (TPSA) is 84.0 Å². The summed E-state index contributed by atoms with van der Waals surface area (Å²) in [6.45, 7) is 3.23. The van der Waals surface area contributed by atoms with E-state index in [2.05, 4.69) is 17.0 Å². The summed E-state index contributed by atoms with van der Waals surface area (Å²) in [5.74, 6) is -0.883. The number of hydrogen-bond acceptors (Lipinski definition) is 6. The number of sulfone groups is 1. The van der Waals surface area contributed by atoms with Crippen molar-refractivity contribution in [3.63, 3.8) is 0 Å². The molecular weight excluding hydrogens is 392 g/mol. The quantitative estimate of drug-likeness (QED) is 0.665. The van der Waals surface area contributed by atoms with Crippen molar-refractivity contribution < 1.29 is 22.7 Å². The minimum Gasteiger partial charge on any atom is -0.452 e. The Kier molecular flexibility index (Phi) is 6.66. The molecule has 8 heteroatoms. The molecule has 7 nitrogen and oxygen atoms in total. The maximum atomic E-state index is 12.3. The number of carbonyl (C=O) groups excluding carboxylic acids is 2. The van der Waals surface area contributed by atoms with Gasteiger partial charge in [0.05, 0.1) is 10.5 Å². The lowest BCUT2D eigenvalue weighted by Gasteiger charge is -2.34. The fraction of sp³-hybridized carbons (Fsp3) is 0.333. The van der Waals surface area contributed by atoms with Crippen molar-refractivity contribution in [3.8, 4) is 0 Å². The molecular formula is C21H24N2O5S. The van der Waals surface area contributed by atoms with Crippen LogP contribution in [-0.4, -0.2) is 69.1 Å². The van der Waals surface area contributed by atoms with E-state index in [1.165, 1.54) is 29.8 Å². The van der Waals surface area contributed by atoms with Crippen LogP contribution in [0.5, 0.6) is 0 Å². The van der Waals surface area contributed by atoms with Crippen molar-refractivity contribution >= 4 is 21.7 Å². The molecule has 154 valence electrons. The van der Waals surface area contributed by atoms with Gasteiger partial charge in [0.15, 0.2) is 16.4 Å². The van der Waals surface area contributed by atoms with Crippen LogP contribution in [0.25, 0.3) is 0 Å². The van der Waals surface area contributed by atoms with E-state index in [1.54, 1.807) is 4.90 Å². The molecule has 0 unspecified atom stereocenters. The first kappa shape index (κ1) is 21.0. The third-order valence-corrected chi connectivity index (χ3v) is 5.95. The molecule has 1 aliphatic heterocycles. The minimum absolute atomic E-state index is 0.124. The highest BCUT2D eigenvalue weighted by Gasteiger charge is 2.22. The van der Waals surface area contributed by atoms with E-state index < -0.39 is 15.8 Å². The molecule has 1 amide bonds. The van der Waals surface area contributed by atoms with Crippen molar-refractivity contribution in [1.29, 1.82) is 0 Å². The first-order chi connectivity index (χ1) is 13.8. The Morgan fingerprint density at radius 2 is 1.55 bits per heavy atom. The minimum atomic E-state index is -3.33. The normalized spacial score (nSPS) is 15.1. The third-order valence-electron chi connectivity index (χ3n) is 4.82. The molecule has 29 heavy (non-hydrogen) atoms. The van der Waals surface area contributed by atoms with Crippen molar-refractivity contribution in [2.45, 2.75) is 11.4 Å². The molecule has 0 bridgehead atoms. The first-order valence-electron chi connectivity index (χ1n) is 9.34. The summed E-state index contributed by atoms with van der Waals surface area (Å²) in [5, 5.41) is 0. The summed E-state index contributed by atoms with van der Waals surface area (Å²) in [5.41, 5.74) is 1.45. The number of hydrogen-bond donors (Lipinski definition) is 0. The van der Waals surface area contributed by atoms with Crippen molar-refractivity contribution in [2.24, 2.45) is 0 Å². The van der Waals surface area contributed by atoms with Crippen LogP contribution < -0.4 is 0 Å². The van der Waals surface area contributed by atoms with Gasteiger partial charge in [-0.25, -0.2) is 13.2 Å². The molecule has 0 spiro atoms. The van der Waals surface area contributed by atoms with Gasteiger partial charge in [-0.15, -0.1) is 0 Å². The van der Waals surface area contributed by atoms with Crippen LogP contribution in [0, 0.1) is 0 Å². The molecule has 0 saturated carbocycles. The number of carbonyl (C=O) groups is 2. The summed E-state index contributed by atoms with van der Waals surface area (Å²) in [6, 6.07) is 15.6. The second-order valence-electron chi connectivity index (χ2n) is 7.02. The van der Waals surface area contributed by atoms with Crippen molar-refractivity contribution in [1.82, 2.24) is 9.80 Å². The zero-order valence-corrected chi connectivity index (χ0v) is 17.1. The molecule has 0 atom stereocenters. The van der Waals surface area contributed by atoms with E-state index >= 15 is 0 Å². The van der Waals surface area contributed by atoms with Gasteiger partial charge in [0.1, 0.15) is 0 Å². The molecule has 0 aromatic heterocycles. The molecule has 2 aromatic carbocycles. The molecule has 2 aromatic rings. The fourth-order valence-electron chi connectivity index (χ4n) is 3.14.